The molecular weight excluding hydrogens is 454 g/mol. The van der Waals surface area contributed by atoms with Crippen LogP contribution in [0.4, 0.5) is 0 Å². The zero-order valence-corrected chi connectivity index (χ0v) is 19.8. The summed E-state index contributed by atoms with van der Waals surface area (Å²) < 4.78 is 13.8. The maximum atomic E-state index is 13.3. The molecule has 0 spiro atoms. The number of carbonyl (C=O) groups excluding carboxylic acids is 1. The van der Waals surface area contributed by atoms with Crippen molar-refractivity contribution in [3.8, 4) is 11.5 Å². The van der Waals surface area contributed by atoms with Gasteiger partial charge in [-0.3, -0.25) is 18.7 Å². The number of methoxy groups -OCH3 is 1. The van der Waals surface area contributed by atoms with Gasteiger partial charge in [-0.2, -0.15) is 0 Å². The molecule has 34 heavy (non-hydrogen) atoms. The van der Waals surface area contributed by atoms with Gasteiger partial charge in [0.05, 0.1) is 25.8 Å². The first-order valence-electron chi connectivity index (χ1n) is 10.8. The average molecular weight is 480 g/mol. The number of rotatable bonds is 9. The molecule has 2 heterocycles. The minimum atomic E-state index is -0.537. The summed E-state index contributed by atoms with van der Waals surface area (Å²) in [5.41, 5.74) is 1.12. The number of ether oxygens (including phenoxy) is 2. The standard InChI is InChI=1S/C25H25N3O5S/c1-3-33-19-9-6-7-17(13-19)15-28-24(30)23-20(11-12-34-23)27(25(28)31)16-22(29)26-14-18-8-4-5-10-21(18)32-2/h4-13H,3,14-16H2,1-2H3,(H,26,29). The van der Waals surface area contributed by atoms with Gasteiger partial charge in [-0.05, 0) is 42.1 Å². The monoisotopic (exact) mass is 479 g/mol. The van der Waals surface area contributed by atoms with Gasteiger partial charge in [0.25, 0.3) is 5.56 Å². The van der Waals surface area contributed by atoms with Crippen molar-refractivity contribution in [3.05, 3.63) is 91.9 Å². The van der Waals surface area contributed by atoms with Gasteiger partial charge in [0.1, 0.15) is 22.7 Å². The lowest BCUT2D eigenvalue weighted by molar-refractivity contribution is -0.121. The molecule has 1 N–H and O–H groups in total. The van der Waals surface area contributed by atoms with Crippen LogP contribution >= 0.6 is 11.3 Å². The lowest BCUT2D eigenvalue weighted by Gasteiger charge is -2.14. The summed E-state index contributed by atoms with van der Waals surface area (Å²) in [6.07, 6.45) is 0. The Labute approximate surface area is 200 Å². The van der Waals surface area contributed by atoms with Crippen molar-refractivity contribution in [2.45, 2.75) is 26.6 Å². The van der Waals surface area contributed by atoms with Crippen molar-refractivity contribution in [2.24, 2.45) is 0 Å². The molecule has 176 valence electrons. The van der Waals surface area contributed by atoms with Crippen LogP contribution in [0, 0.1) is 0 Å². The normalized spacial score (nSPS) is 10.9. The quantitative estimate of drug-likeness (QED) is 0.399. The molecule has 2 aromatic carbocycles. The fourth-order valence-electron chi connectivity index (χ4n) is 3.75. The Hall–Kier alpha value is -3.85. The molecule has 0 unspecified atom stereocenters. The first-order chi connectivity index (χ1) is 16.5. The predicted molar refractivity (Wildman–Crippen MR) is 132 cm³/mol. The van der Waals surface area contributed by atoms with Crippen molar-refractivity contribution in [3.63, 3.8) is 0 Å². The van der Waals surface area contributed by atoms with Crippen LogP contribution in [0.1, 0.15) is 18.1 Å². The molecule has 0 saturated carbocycles. The summed E-state index contributed by atoms with van der Waals surface area (Å²) in [7, 11) is 1.57. The molecule has 8 nitrogen and oxygen atoms in total. The third-order valence-electron chi connectivity index (χ3n) is 5.36. The van der Waals surface area contributed by atoms with Gasteiger partial charge >= 0.3 is 5.69 Å². The number of aromatic nitrogens is 2. The van der Waals surface area contributed by atoms with E-state index in [0.29, 0.717) is 28.3 Å². The molecular formula is C25H25N3O5S. The minimum Gasteiger partial charge on any atom is -0.496 e. The molecule has 0 atom stereocenters. The zero-order valence-electron chi connectivity index (χ0n) is 18.9. The molecule has 2 aromatic heterocycles. The van der Waals surface area contributed by atoms with Crippen molar-refractivity contribution < 1.29 is 14.3 Å². The van der Waals surface area contributed by atoms with Crippen LogP contribution in [0.25, 0.3) is 10.2 Å². The lowest BCUT2D eigenvalue weighted by Crippen LogP contribution is -2.42. The summed E-state index contributed by atoms with van der Waals surface area (Å²) in [5, 5.41) is 4.58. The van der Waals surface area contributed by atoms with E-state index >= 15 is 0 Å². The molecule has 0 saturated heterocycles. The van der Waals surface area contributed by atoms with E-state index in [1.165, 1.54) is 15.9 Å². The van der Waals surface area contributed by atoms with Crippen molar-refractivity contribution in [1.29, 1.82) is 0 Å². The number of fused-ring (bicyclic) bond motifs is 1. The van der Waals surface area contributed by atoms with E-state index in [1.807, 2.05) is 49.4 Å². The van der Waals surface area contributed by atoms with E-state index < -0.39 is 5.69 Å². The second-order valence-electron chi connectivity index (χ2n) is 7.56. The van der Waals surface area contributed by atoms with Crippen LogP contribution in [0.2, 0.25) is 0 Å². The molecule has 4 aromatic rings. The van der Waals surface area contributed by atoms with Crippen molar-refractivity contribution in [2.75, 3.05) is 13.7 Å². The van der Waals surface area contributed by atoms with Crippen LogP contribution < -0.4 is 26.0 Å². The fraction of sp³-hybridized carbons (Fsp3) is 0.240. The first kappa shape index (κ1) is 23.3. The second-order valence-corrected chi connectivity index (χ2v) is 8.48. The Balaban J connectivity index is 1.62. The smallest absolute Gasteiger partial charge is 0.332 e. The van der Waals surface area contributed by atoms with Crippen LogP contribution in [0.3, 0.4) is 0 Å². The van der Waals surface area contributed by atoms with Gasteiger partial charge in [-0.15, -0.1) is 11.3 Å². The van der Waals surface area contributed by atoms with Gasteiger partial charge in [-0.1, -0.05) is 30.3 Å². The van der Waals surface area contributed by atoms with E-state index in [2.05, 4.69) is 5.32 Å². The summed E-state index contributed by atoms with van der Waals surface area (Å²) in [6.45, 7) is 2.53. The Morgan fingerprint density at radius 1 is 1.06 bits per heavy atom. The number of thiophene rings is 1. The van der Waals surface area contributed by atoms with Crippen LogP contribution in [-0.4, -0.2) is 28.8 Å². The minimum absolute atomic E-state index is 0.0786. The van der Waals surface area contributed by atoms with Gasteiger partial charge in [0, 0.05) is 12.1 Å². The molecule has 1 amide bonds. The van der Waals surface area contributed by atoms with Gasteiger partial charge in [0.2, 0.25) is 5.91 Å². The lowest BCUT2D eigenvalue weighted by atomic mass is 10.2. The molecule has 0 bridgehead atoms. The molecule has 0 fully saturated rings. The van der Waals surface area contributed by atoms with E-state index in [4.69, 9.17) is 9.47 Å². The SMILES string of the molecule is CCOc1cccc(Cn2c(=O)c3sccc3n(CC(=O)NCc3ccccc3OC)c2=O)c1. The largest absolute Gasteiger partial charge is 0.496 e. The van der Waals surface area contributed by atoms with Crippen molar-refractivity contribution >= 4 is 27.5 Å². The number of carbonyl (C=O) groups is 1. The summed E-state index contributed by atoms with van der Waals surface area (Å²) in [6, 6.07) is 16.4. The van der Waals surface area contributed by atoms with E-state index in [1.54, 1.807) is 24.6 Å². The number of nitrogens with one attached hydrogen (secondary N) is 1. The maximum Gasteiger partial charge on any atom is 0.332 e. The number of nitrogens with zero attached hydrogens (tertiary/aromatic N) is 2. The molecule has 0 radical (unpaired) electrons. The van der Waals surface area contributed by atoms with Crippen molar-refractivity contribution in [1.82, 2.24) is 14.5 Å². The third kappa shape index (κ3) is 4.89. The Bertz CT molecular complexity index is 1440. The second kappa shape index (κ2) is 10.4. The Kier molecular flexibility index (Phi) is 7.12. The summed E-state index contributed by atoms with van der Waals surface area (Å²) >= 11 is 1.25. The van der Waals surface area contributed by atoms with Crippen LogP contribution in [0.15, 0.2) is 69.6 Å². The van der Waals surface area contributed by atoms with Gasteiger partial charge in [0.15, 0.2) is 0 Å². The molecule has 4 rings (SSSR count). The Morgan fingerprint density at radius 2 is 1.88 bits per heavy atom. The zero-order chi connectivity index (χ0) is 24.1. The fourth-order valence-corrected chi connectivity index (χ4v) is 4.59. The molecule has 0 aliphatic heterocycles. The summed E-state index contributed by atoms with van der Waals surface area (Å²) in [4.78, 5) is 39.1. The number of para-hydroxylation sites is 1. The average Bonchev–Trinajstić information content (AvgIpc) is 3.34. The van der Waals surface area contributed by atoms with Crippen LogP contribution in [0.5, 0.6) is 11.5 Å². The highest BCUT2D eigenvalue weighted by Crippen LogP contribution is 2.18. The van der Waals surface area contributed by atoms with E-state index in [-0.39, 0.29) is 31.1 Å². The number of hydrogen-bond donors (Lipinski definition) is 1. The highest BCUT2D eigenvalue weighted by atomic mass is 32.1. The third-order valence-corrected chi connectivity index (χ3v) is 6.25. The van der Waals surface area contributed by atoms with E-state index in [0.717, 1.165) is 15.7 Å². The van der Waals surface area contributed by atoms with Gasteiger partial charge in [-0.25, -0.2) is 4.79 Å². The molecule has 0 aliphatic carbocycles. The highest BCUT2D eigenvalue weighted by Gasteiger charge is 2.17. The summed E-state index contributed by atoms with van der Waals surface area (Å²) in [5.74, 6) is 0.994. The molecule has 9 heteroatoms. The highest BCUT2D eigenvalue weighted by molar-refractivity contribution is 7.17. The number of benzene rings is 2. The number of hydrogen-bond acceptors (Lipinski definition) is 6. The Morgan fingerprint density at radius 3 is 2.68 bits per heavy atom. The number of amides is 1. The van der Waals surface area contributed by atoms with E-state index in [9.17, 15) is 14.4 Å². The predicted octanol–water partition coefficient (Wildman–Crippen LogP) is 3.00. The first-order valence-corrected chi connectivity index (χ1v) is 11.7. The topological polar surface area (TPSA) is 91.6 Å². The van der Waals surface area contributed by atoms with Crippen LogP contribution in [-0.2, 0) is 24.4 Å². The maximum absolute atomic E-state index is 13.3. The molecule has 0 aliphatic rings. The van der Waals surface area contributed by atoms with Gasteiger partial charge < -0.3 is 14.8 Å².